The summed E-state index contributed by atoms with van der Waals surface area (Å²) in [6, 6.07) is 0.625. The Morgan fingerprint density at radius 3 is 2.89 bits per heavy atom. The SMILES string of the molecule is CNc1ncc(Cl)c(N2CCCC3CCCCC32)n1. The highest BCUT2D eigenvalue weighted by Crippen LogP contribution is 2.39. The Hall–Kier alpha value is -1.03. The van der Waals surface area contributed by atoms with Gasteiger partial charge in [-0.25, -0.2) is 4.98 Å². The fourth-order valence-electron chi connectivity index (χ4n) is 3.57. The normalized spacial score (nSPS) is 26.9. The van der Waals surface area contributed by atoms with Crippen molar-refractivity contribution < 1.29 is 0 Å². The molecule has 1 aliphatic carbocycles. The van der Waals surface area contributed by atoms with E-state index in [0.717, 1.165) is 18.3 Å². The standard InChI is InChI=1S/C14H21ClN4/c1-16-14-17-9-11(15)13(18-14)19-8-4-6-10-5-2-3-7-12(10)19/h9-10,12H,2-8H2,1H3,(H,16,17,18). The van der Waals surface area contributed by atoms with Crippen LogP contribution in [0.3, 0.4) is 0 Å². The van der Waals surface area contributed by atoms with Gasteiger partial charge < -0.3 is 10.2 Å². The summed E-state index contributed by atoms with van der Waals surface area (Å²) < 4.78 is 0. The van der Waals surface area contributed by atoms with E-state index in [1.807, 2.05) is 7.05 Å². The molecule has 5 heteroatoms. The molecule has 2 unspecified atom stereocenters. The molecule has 1 aromatic heterocycles. The Kier molecular flexibility index (Phi) is 3.78. The van der Waals surface area contributed by atoms with Crippen molar-refractivity contribution in [1.82, 2.24) is 9.97 Å². The predicted molar refractivity (Wildman–Crippen MR) is 78.9 cm³/mol. The predicted octanol–water partition coefficient (Wildman–Crippen LogP) is 3.33. The molecule has 4 nitrogen and oxygen atoms in total. The summed E-state index contributed by atoms with van der Waals surface area (Å²) in [5.74, 6) is 2.39. The number of piperidine rings is 1. The number of anilines is 2. The van der Waals surface area contributed by atoms with E-state index >= 15 is 0 Å². The van der Waals surface area contributed by atoms with Crippen molar-refractivity contribution in [2.45, 2.75) is 44.6 Å². The largest absolute Gasteiger partial charge is 0.357 e. The zero-order valence-corrected chi connectivity index (χ0v) is 12.2. The van der Waals surface area contributed by atoms with E-state index in [-0.39, 0.29) is 0 Å². The third kappa shape index (κ3) is 2.50. The first-order chi connectivity index (χ1) is 9.29. The van der Waals surface area contributed by atoms with Crippen LogP contribution in [0.1, 0.15) is 38.5 Å². The van der Waals surface area contributed by atoms with Gasteiger partial charge in [-0.1, -0.05) is 24.4 Å². The van der Waals surface area contributed by atoms with Gasteiger partial charge in [-0.15, -0.1) is 0 Å². The zero-order chi connectivity index (χ0) is 13.2. The quantitative estimate of drug-likeness (QED) is 0.902. The van der Waals surface area contributed by atoms with Crippen LogP contribution in [0.15, 0.2) is 6.20 Å². The summed E-state index contributed by atoms with van der Waals surface area (Å²) in [5, 5.41) is 3.67. The molecular weight excluding hydrogens is 260 g/mol. The van der Waals surface area contributed by atoms with Crippen LogP contribution in [0.4, 0.5) is 11.8 Å². The van der Waals surface area contributed by atoms with Gasteiger partial charge in [0.25, 0.3) is 0 Å². The summed E-state index contributed by atoms with van der Waals surface area (Å²) in [5.41, 5.74) is 0. The molecule has 1 aliphatic heterocycles. The fraction of sp³-hybridized carbons (Fsp3) is 0.714. The Morgan fingerprint density at radius 2 is 2.05 bits per heavy atom. The van der Waals surface area contributed by atoms with Gasteiger partial charge in [0.2, 0.25) is 5.95 Å². The number of hydrogen-bond acceptors (Lipinski definition) is 4. The number of fused-ring (bicyclic) bond motifs is 1. The summed E-state index contributed by atoms with van der Waals surface area (Å²) in [7, 11) is 1.84. The van der Waals surface area contributed by atoms with Crippen molar-refractivity contribution in [3.05, 3.63) is 11.2 Å². The van der Waals surface area contributed by atoms with E-state index in [0.29, 0.717) is 17.0 Å². The minimum Gasteiger partial charge on any atom is -0.357 e. The van der Waals surface area contributed by atoms with Crippen LogP contribution in [-0.2, 0) is 0 Å². The molecule has 1 saturated carbocycles. The molecule has 1 aromatic rings. The minimum atomic E-state index is 0.625. The Bertz CT molecular complexity index is 449. The topological polar surface area (TPSA) is 41.1 Å². The van der Waals surface area contributed by atoms with Crippen LogP contribution in [-0.4, -0.2) is 29.6 Å². The fourth-order valence-corrected chi connectivity index (χ4v) is 3.77. The highest BCUT2D eigenvalue weighted by Gasteiger charge is 2.34. The van der Waals surface area contributed by atoms with Gasteiger partial charge in [-0.05, 0) is 31.6 Å². The molecule has 0 spiro atoms. The van der Waals surface area contributed by atoms with E-state index < -0.39 is 0 Å². The van der Waals surface area contributed by atoms with Gasteiger partial charge >= 0.3 is 0 Å². The Labute approximate surface area is 119 Å². The molecule has 3 rings (SSSR count). The van der Waals surface area contributed by atoms with Gasteiger partial charge in [0.05, 0.1) is 6.20 Å². The first kappa shape index (κ1) is 13.0. The van der Waals surface area contributed by atoms with Gasteiger partial charge in [0.15, 0.2) is 5.82 Å². The van der Waals surface area contributed by atoms with Crippen molar-refractivity contribution in [3.63, 3.8) is 0 Å². The van der Waals surface area contributed by atoms with E-state index in [2.05, 4.69) is 20.2 Å². The van der Waals surface area contributed by atoms with Crippen LogP contribution in [0.5, 0.6) is 0 Å². The van der Waals surface area contributed by atoms with Crippen LogP contribution in [0, 0.1) is 5.92 Å². The summed E-state index contributed by atoms with van der Waals surface area (Å²) in [6.07, 6.45) is 9.68. The molecule has 1 saturated heterocycles. The van der Waals surface area contributed by atoms with Gasteiger partial charge in [-0.3, -0.25) is 0 Å². The smallest absolute Gasteiger partial charge is 0.224 e. The first-order valence-electron chi connectivity index (χ1n) is 7.26. The highest BCUT2D eigenvalue weighted by atomic mass is 35.5. The van der Waals surface area contributed by atoms with Gasteiger partial charge in [0.1, 0.15) is 5.02 Å². The average molecular weight is 281 g/mol. The lowest BCUT2D eigenvalue weighted by Gasteiger charge is -2.45. The average Bonchev–Trinajstić information content (AvgIpc) is 2.47. The molecule has 0 bridgehead atoms. The molecule has 2 atom stereocenters. The van der Waals surface area contributed by atoms with Crippen molar-refractivity contribution in [3.8, 4) is 0 Å². The molecule has 0 amide bonds. The Morgan fingerprint density at radius 1 is 1.26 bits per heavy atom. The van der Waals surface area contributed by atoms with Crippen molar-refractivity contribution >= 4 is 23.4 Å². The monoisotopic (exact) mass is 280 g/mol. The van der Waals surface area contributed by atoms with E-state index in [9.17, 15) is 0 Å². The second-order valence-electron chi connectivity index (χ2n) is 5.56. The van der Waals surface area contributed by atoms with Gasteiger partial charge in [-0.2, -0.15) is 4.98 Å². The lowest BCUT2D eigenvalue weighted by molar-refractivity contribution is 0.243. The second kappa shape index (κ2) is 5.53. The van der Waals surface area contributed by atoms with Crippen LogP contribution < -0.4 is 10.2 Å². The number of halogens is 1. The molecular formula is C14H21ClN4. The van der Waals surface area contributed by atoms with E-state index in [4.69, 9.17) is 11.6 Å². The van der Waals surface area contributed by atoms with E-state index in [1.54, 1.807) is 6.20 Å². The number of hydrogen-bond donors (Lipinski definition) is 1. The number of nitrogens with one attached hydrogen (secondary N) is 1. The van der Waals surface area contributed by atoms with Crippen molar-refractivity contribution in [2.24, 2.45) is 5.92 Å². The number of nitrogens with zero attached hydrogens (tertiary/aromatic N) is 3. The molecule has 2 heterocycles. The molecule has 1 N–H and O–H groups in total. The molecule has 19 heavy (non-hydrogen) atoms. The third-order valence-corrected chi connectivity index (χ3v) is 4.73. The first-order valence-corrected chi connectivity index (χ1v) is 7.64. The summed E-state index contributed by atoms with van der Waals surface area (Å²) in [6.45, 7) is 1.07. The van der Waals surface area contributed by atoms with Gasteiger partial charge in [0, 0.05) is 19.6 Å². The lowest BCUT2D eigenvalue weighted by atomic mass is 9.78. The van der Waals surface area contributed by atoms with Crippen LogP contribution >= 0.6 is 11.6 Å². The minimum absolute atomic E-state index is 0.625. The van der Waals surface area contributed by atoms with Crippen molar-refractivity contribution in [2.75, 3.05) is 23.8 Å². The van der Waals surface area contributed by atoms with E-state index in [1.165, 1.54) is 38.5 Å². The van der Waals surface area contributed by atoms with Crippen molar-refractivity contribution in [1.29, 1.82) is 0 Å². The maximum Gasteiger partial charge on any atom is 0.224 e. The summed E-state index contributed by atoms with van der Waals surface area (Å²) >= 11 is 6.32. The molecule has 2 fully saturated rings. The lowest BCUT2D eigenvalue weighted by Crippen LogP contribution is -2.47. The van der Waals surface area contributed by atoms with Crippen LogP contribution in [0.25, 0.3) is 0 Å². The molecule has 0 aromatic carbocycles. The second-order valence-corrected chi connectivity index (χ2v) is 5.97. The Balaban J connectivity index is 1.91. The summed E-state index contributed by atoms with van der Waals surface area (Å²) in [4.78, 5) is 11.2. The number of rotatable bonds is 2. The zero-order valence-electron chi connectivity index (χ0n) is 11.4. The molecule has 2 aliphatic rings. The molecule has 0 radical (unpaired) electrons. The highest BCUT2D eigenvalue weighted by molar-refractivity contribution is 6.32. The maximum atomic E-state index is 6.32. The van der Waals surface area contributed by atoms with Crippen LogP contribution in [0.2, 0.25) is 5.02 Å². The third-order valence-electron chi connectivity index (χ3n) is 4.46. The number of aromatic nitrogens is 2. The maximum absolute atomic E-state index is 6.32. The molecule has 104 valence electrons.